The molecule has 9 heteroatoms. The number of carbonyl (C=O) groups excluding carboxylic acids is 2. The van der Waals surface area contributed by atoms with Crippen molar-refractivity contribution >= 4 is 27.6 Å². The zero-order valence-corrected chi connectivity index (χ0v) is 18.6. The molecule has 2 aliphatic carbocycles. The Balaban J connectivity index is 1.58. The summed E-state index contributed by atoms with van der Waals surface area (Å²) in [4.78, 5) is 24.3. The molecule has 3 rings (SSSR count). The Bertz CT molecular complexity index is 986. The van der Waals surface area contributed by atoms with E-state index in [1.807, 2.05) is 0 Å². The Morgan fingerprint density at radius 1 is 1.27 bits per heavy atom. The van der Waals surface area contributed by atoms with E-state index in [1.54, 1.807) is 6.92 Å². The molecule has 0 spiro atoms. The average Bonchev–Trinajstić information content (AvgIpc) is 3.04. The predicted octanol–water partition coefficient (Wildman–Crippen LogP) is 2.46. The minimum atomic E-state index is -3.69. The molecule has 1 aromatic carbocycles. The van der Waals surface area contributed by atoms with Crippen molar-refractivity contribution in [2.24, 2.45) is 21.8 Å². The van der Waals surface area contributed by atoms with E-state index in [2.05, 4.69) is 36.0 Å². The summed E-state index contributed by atoms with van der Waals surface area (Å²) in [5.41, 5.74) is 3.67. The number of amides is 1. The first-order chi connectivity index (χ1) is 14.0. The highest BCUT2D eigenvalue weighted by Gasteiger charge is 2.60. The van der Waals surface area contributed by atoms with Crippen molar-refractivity contribution in [3.8, 4) is 0 Å². The van der Waals surface area contributed by atoms with Gasteiger partial charge in [-0.2, -0.15) is 5.10 Å². The number of fused-ring (bicyclic) bond motifs is 2. The molecule has 2 aliphatic rings. The van der Waals surface area contributed by atoms with E-state index in [9.17, 15) is 18.0 Å². The first-order valence-electron chi connectivity index (χ1n) is 10.1. The van der Waals surface area contributed by atoms with E-state index in [0.29, 0.717) is 5.92 Å². The van der Waals surface area contributed by atoms with Gasteiger partial charge in [0.2, 0.25) is 10.0 Å². The summed E-state index contributed by atoms with van der Waals surface area (Å²) < 4.78 is 31.5. The molecule has 164 valence electrons. The molecule has 1 aromatic rings. The Morgan fingerprint density at radius 2 is 2.00 bits per heavy atom. The normalized spacial score (nSPS) is 26.0. The van der Waals surface area contributed by atoms with Crippen LogP contribution >= 0.6 is 0 Å². The number of hydrazone groups is 1. The molecule has 30 heavy (non-hydrogen) atoms. The molecule has 0 radical (unpaired) electrons. The van der Waals surface area contributed by atoms with Crippen molar-refractivity contribution in [1.29, 1.82) is 0 Å². The molecule has 0 aromatic heterocycles. The molecular formula is C21H29N3O5S. The molecule has 8 nitrogen and oxygen atoms in total. The second-order valence-electron chi connectivity index (χ2n) is 8.69. The van der Waals surface area contributed by atoms with Crippen LogP contribution in [0.2, 0.25) is 0 Å². The summed E-state index contributed by atoms with van der Waals surface area (Å²) in [6.07, 6.45) is 3.10. The van der Waals surface area contributed by atoms with Gasteiger partial charge in [-0.15, -0.1) is 0 Å². The average molecular weight is 436 g/mol. The number of sulfonamides is 1. The van der Waals surface area contributed by atoms with Gasteiger partial charge >= 0.3 is 5.97 Å². The number of esters is 1. The van der Waals surface area contributed by atoms with Crippen molar-refractivity contribution in [3.05, 3.63) is 29.8 Å². The second kappa shape index (κ2) is 8.11. The Morgan fingerprint density at radius 3 is 2.60 bits per heavy atom. The molecule has 2 bridgehead atoms. The highest BCUT2D eigenvalue weighted by Crippen LogP contribution is 2.63. The fourth-order valence-electron chi connectivity index (χ4n) is 4.54. The van der Waals surface area contributed by atoms with Crippen LogP contribution in [0.15, 0.2) is 34.3 Å². The van der Waals surface area contributed by atoms with Gasteiger partial charge in [-0.1, -0.05) is 33.8 Å². The van der Waals surface area contributed by atoms with Crippen LogP contribution in [-0.2, 0) is 19.6 Å². The van der Waals surface area contributed by atoms with Crippen molar-refractivity contribution in [2.45, 2.75) is 51.9 Å². The maximum Gasteiger partial charge on any atom is 0.338 e. The SMILES string of the molecule is CCNS(=O)(=O)c1cccc(C(=O)OCC(=O)N/N=C2\CC3CCC2(C)C3(C)C)c1. The third-order valence-electron chi connectivity index (χ3n) is 6.88. The largest absolute Gasteiger partial charge is 0.452 e. The molecule has 0 aliphatic heterocycles. The molecule has 1 amide bonds. The highest BCUT2D eigenvalue weighted by molar-refractivity contribution is 7.89. The number of nitrogens with one attached hydrogen (secondary N) is 2. The Labute approximate surface area is 177 Å². The zero-order chi connectivity index (χ0) is 22.2. The summed E-state index contributed by atoms with van der Waals surface area (Å²) in [5.74, 6) is -0.738. The second-order valence-corrected chi connectivity index (χ2v) is 10.5. The summed E-state index contributed by atoms with van der Waals surface area (Å²) in [5, 5.41) is 4.33. The fourth-order valence-corrected chi connectivity index (χ4v) is 5.62. The quantitative estimate of drug-likeness (QED) is 0.504. The number of nitrogens with zero attached hydrogens (tertiary/aromatic N) is 1. The number of rotatable bonds is 7. The lowest BCUT2D eigenvalue weighted by Crippen LogP contribution is -2.34. The number of carbonyl (C=O) groups is 2. The lowest BCUT2D eigenvalue weighted by Gasteiger charge is -2.34. The molecular weight excluding hydrogens is 406 g/mol. The van der Waals surface area contributed by atoms with Crippen molar-refractivity contribution in [2.75, 3.05) is 13.2 Å². The Hall–Kier alpha value is -2.26. The third-order valence-corrected chi connectivity index (χ3v) is 8.42. The summed E-state index contributed by atoms with van der Waals surface area (Å²) in [7, 11) is -3.69. The van der Waals surface area contributed by atoms with Crippen LogP contribution in [0.4, 0.5) is 0 Å². The minimum absolute atomic E-state index is 0.0277. The maximum atomic E-state index is 12.2. The highest BCUT2D eigenvalue weighted by atomic mass is 32.2. The van der Waals surface area contributed by atoms with Crippen LogP contribution in [0.25, 0.3) is 0 Å². The van der Waals surface area contributed by atoms with Crippen LogP contribution in [0.5, 0.6) is 0 Å². The lowest BCUT2D eigenvalue weighted by molar-refractivity contribution is -0.124. The van der Waals surface area contributed by atoms with E-state index in [-0.39, 0.29) is 27.8 Å². The molecule has 2 N–H and O–H groups in total. The van der Waals surface area contributed by atoms with Gasteiger partial charge < -0.3 is 4.74 Å². The zero-order valence-electron chi connectivity index (χ0n) is 17.8. The molecule has 2 atom stereocenters. The number of benzene rings is 1. The first-order valence-corrected chi connectivity index (χ1v) is 11.6. The topological polar surface area (TPSA) is 114 Å². The van der Waals surface area contributed by atoms with Gasteiger partial charge in [-0.3, -0.25) is 4.79 Å². The number of hydrogen-bond donors (Lipinski definition) is 2. The summed E-state index contributed by atoms with van der Waals surface area (Å²) in [6, 6.07) is 5.49. The van der Waals surface area contributed by atoms with Crippen molar-refractivity contribution < 1.29 is 22.7 Å². The van der Waals surface area contributed by atoms with E-state index in [0.717, 1.165) is 18.6 Å². The first kappa shape index (κ1) is 22.4. The molecule has 0 saturated heterocycles. The monoisotopic (exact) mass is 435 g/mol. The van der Waals surface area contributed by atoms with Crippen LogP contribution < -0.4 is 10.1 Å². The fraction of sp³-hybridized carbons (Fsp3) is 0.571. The lowest BCUT2D eigenvalue weighted by atomic mass is 9.70. The summed E-state index contributed by atoms with van der Waals surface area (Å²) in [6.45, 7) is 8.09. The minimum Gasteiger partial charge on any atom is -0.452 e. The van der Waals surface area contributed by atoms with E-state index < -0.39 is 28.5 Å². The number of hydrogen-bond acceptors (Lipinski definition) is 6. The van der Waals surface area contributed by atoms with Gasteiger partial charge in [-0.05, 0) is 48.8 Å². The number of ether oxygens (including phenoxy) is 1. The van der Waals surface area contributed by atoms with Gasteiger partial charge in [0.25, 0.3) is 5.91 Å². The van der Waals surface area contributed by atoms with Crippen molar-refractivity contribution in [1.82, 2.24) is 10.1 Å². The maximum absolute atomic E-state index is 12.2. The van der Waals surface area contributed by atoms with Crippen LogP contribution in [-0.4, -0.2) is 39.2 Å². The Kier molecular flexibility index (Phi) is 6.06. The van der Waals surface area contributed by atoms with Gasteiger partial charge in [0, 0.05) is 17.7 Å². The third kappa shape index (κ3) is 4.00. The van der Waals surface area contributed by atoms with Gasteiger partial charge in [0.05, 0.1) is 10.5 Å². The molecule has 2 saturated carbocycles. The van der Waals surface area contributed by atoms with Crippen LogP contribution in [0.1, 0.15) is 57.3 Å². The van der Waals surface area contributed by atoms with Gasteiger partial charge in [0.1, 0.15) is 0 Å². The standard InChI is InChI=1S/C21H29N3O5S/c1-5-22-30(27,28)16-8-6-7-14(11-16)19(26)29-13-18(25)24-23-17-12-15-9-10-21(17,4)20(15,2)3/h6-8,11,15,22H,5,9-10,12-13H2,1-4H3,(H,24,25)/b23-17+. The van der Waals surface area contributed by atoms with Crippen LogP contribution in [0.3, 0.4) is 0 Å². The molecule has 2 unspecified atom stereocenters. The summed E-state index contributed by atoms with van der Waals surface area (Å²) >= 11 is 0. The van der Waals surface area contributed by atoms with Gasteiger partial charge in [0.15, 0.2) is 6.61 Å². The molecule has 0 heterocycles. The van der Waals surface area contributed by atoms with E-state index in [1.165, 1.54) is 30.7 Å². The smallest absolute Gasteiger partial charge is 0.338 e. The van der Waals surface area contributed by atoms with Gasteiger partial charge in [-0.25, -0.2) is 23.4 Å². The van der Waals surface area contributed by atoms with E-state index in [4.69, 9.17) is 4.74 Å². The van der Waals surface area contributed by atoms with Crippen molar-refractivity contribution in [3.63, 3.8) is 0 Å². The van der Waals surface area contributed by atoms with E-state index >= 15 is 0 Å². The predicted molar refractivity (Wildman–Crippen MR) is 112 cm³/mol. The van der Waals surface area contributed by atoms with Crippen LogP contribution in [0, 0.1) is 16.7 Å². The molecule has 2 fully saturated rings.